The smallest absolute Gasteiger partial charge is 0.234 e. The van der Waals surface area contributed by atoms with Gasteiger partial charge in [-0.15, -0.1) is 11.3 Å². The third kappa shape index (κ3) is 3.94. The maximum absolute atomic E-state index is 12.0. The van der Waals surface area contributed by atoms with E-state index in [2.05, 4.69) is 10.3 Å². The number of nitrogens with two attached hydrogens (primary N) is 1. The molecule has 118 valence electrons. The molecule has 0 unspecified atom stereocenters. The molecule has 3 rings (SSSR count). The van der Waals surface area contributed by atoms with Crippen LogP contribution in [0.15, 0.2) is 46.8 Å². The molecule has 0 saturated heterocycles. The van der Waals surface area contributed by atoms with Crippen LogP contribution in [-0.4, -0.2) is 23.8 Å². The molecule has 0 aliphatic carbocycles. The Labute approximate surface area is 141 Å². The van der Waals surface area contributed by atoms with Crippen molar-refractivity contribution in [2.45, 2.75) is 4.34 Å². The molecule has 3 N–H and O–H groups in total. The first-order valence-corrected chi connectivity index (χ1v) is 8.67. The minimum atomic E-state index is -0.0704. The number of benzene rings is 2. The van der Waals surface area contributed by atoms with Crippen LogP contribution in [0.25, 0.3) is 10.2 Å². The fraction of sp³-hybridized carbons (Fsp3) is 0.125. The largest absolute Gasteiger partial charge is 0.497 e. The van der Waals surface area contributed by atoms with Gasteiger partial charge in [-0.2, -0.15) is 0 Å². The van der Waals surface area contributed by atoms with Crippen LogP contribution in [0, 0.1) is 0 Å². The number of methoxy groups -OCH3 is 1. The van der Waals surface area contributed by atoms with Crippen LogP contribution in [0.3, 0.4) is 0 Å². The SMILES string of the molecule is COc1ccc(NC(=O)CSc2nc3ccc(N)cc3s2)cc1. The van der Waals surface area contributed by atoms with Gasteiger partial charge in [-0.25, -0.2) is 4.98 Å². The van der Waals surface area contributed by atoms with E-state index in [1.54, 1.807) is 19.2 Å². The number of aromatic nitrogens is 1. The number of amides is 1. The first-order valence-electron chi connectivity index (χ1n) is 6.87. The molecular weight excluding hydrogens is 330 g/mol. The maximum Gasteiger partial charge on any atom is 0.234 e. The van der Waals surface area contributed by atoms with Gasteiger partial charge in [0.05, 0.1) is 23.1 Å². The number of fused-ring (bicyclic) bond motifs is 1. The van der Waals surface area contributed by atoms with Gasteiger partial charge in [-0.3, -0.25) is 4.79 Å². The van der Waals surface area contributed by atoms with Gasteiger partial charge >= 0.3 is 0 Å². The summed E-state index contributed by atoms with van der Waals surface area (Å²) in [5.74, 6) is 0.992. The van der Waals surface area contributed by atoms with Crippen molar-refractivity contribution in [2.24, 2.45) is 0 Å². The van der Waals surface area contributed by atoms with E-state index in [-0.39, 0.29) is 5.91 Å². The maximum atomic E-state index is 12.0. The number of thiazole rings is 1. The van der Waals surface area contributed by atoms with Gasteiger partial charge in [-0.1, -0.05) is 11.8 Å². The summed E-state index contributed by atoms with van der Waals surface area (Å²) in [4.78, 5) is 16.5. The lowest BCUT2D eigenvalue weighted by Gasteiger charge is -2.05. The van der Waals surface area contributed by atoms with Gasteiger partial charge in [0.2, 0.25) is 5.91 Å². The highest BCUT2D eigenvalue weighted by atomic mass is 32.2. The van der Waals surface area contributed by atoms with Crippen LogP contribution in [0.1, 0.15) is 0 Å². The predicted octanol–water partition coefficient (Wildman–Crippen LogP) is 3.62. The number of carbonyl (C=O) groups is 1. The third-order valence-corrected chi connectivity index (χ3v) is 5.25. The molecule has 0 spiro atoms. The minimum absolute atomic E-state index is 0.0704. The van der Waals surface area contributed by atoms with Gasteiger partial charge in [0.1, 0.15) is 5.75 Å². The Morgan fingerprint density at radius 3 is 2.83 bits per heavy atom. The van der Waals surface area contributed by atoms with E-state index in [9.17, 15) is 4.79 Å². The lowest BCUT2D eigenvalue weighted by Crippen LogP contribution is -2.13. The molecule has 0 atom stereocenters. The van der Waals surface area contributed by atoms with E-state index in [1.807, 2.05) is 30.3 Å². The number of ether oxygens (including phenoxy) is 1. The summed E-state index contributed by atoms with van der Waals surface area (Å²) < 4.78 is 6.97. The van der Waals surface area contributed by atoms with Crippen molar-refractivity contribution < 1.29 is 9.53 Å². The lowest BCUT2D eigenvalue weighted by atomic mass is 10.3. The second-order valence-electron chi connectivity index (χ2n) is 4.77. The number of nitrogens with one attached hydrogen (secondary N) is 1. The molecule has 0 aliphatic rings. The molecule has 1 heterocycles. The average Bonchev–Trinajstić information content (AvgIpc) is 2.95. The van der Waals surface area contributed by atoms with Crippen LogP contribution in [0.4, 0.5) is 11.4 Å². The molecule has 1 aromatic heterocycles. The molecule has 23 heavy (non-hydrogen) atoms. The van der Waals surface area contributed by atoms with Gasteiger partial charge in [0.15, 0.2) is 4.34 Å². The van der Waals surface area contributed by atoms with E-state index in [1.165, 1.54) is 23.1 Å². The van der Waals surface area contributed by atoms with Crippen molar-refractivity contribution in [2.75, 3.05) is 23.9 Å². The highest BCUT2D eigenvalue weighted by molar-refractivity contribution is 8.01. The molecule has 5 nitrogen and oxygen atoms in total. The van der Waals surface area contributed by atoms with Crippen LogP contribution >= 0.6 is 23.1 Å². The summed E-state index contributed by atoms with van der Waals surface area (Å²) >= 11 is 2.96. The Morgan fingerprint density at radius 2 is 2.09 bits per heavy atom. The second kappa shape index (κ2) is 6.89. The molecule has 7 heteroatoms. The molecule has 0 fully saturated rings. The summed E-state index contributed by atoms with van der Waals surface area (Å²) in [6.07, 6.45) is 0. The molecule has 0 radical (unpaired) electrons. The Morgan fingerprint density at radius 1 is 1.30 bits per heavy atom. The Kier molecular flexibility index (Phi) is 4.68. The van der Waals surface area contributed by atoms with E-state index in [0.717, 1.165) is 31.7 Å². The quantitative estimate of drug-likeness (QED) is 0.545. The summed E-state index contributed by atoms with van der Waals surface area (Å²) in [6, 6.07) is 12.8. The number of thioether (sulfide) groups is 1. The average molecular weight is 345 g/mol. The normalized spacial score (nSPS) is 10.7. The predicted molar refractivity (Wildman–Crippen MR) is 96.4 cm³/mol. The van der Waals surface area contributed by atoms with E-state index >= 15 is 0 Å². The lowest BCUT2D eigenvalue weighted by molar-refractivity contribution is -0.113. The van der Waals surface area contributed by atoms with Crippen LogP contribution in [0.5, 0.6) is 5.75 Å². The zero-order chi connectivity index (χ0) is 16.2. The summed E-state index contributed by atoms with van der Waals surface area (Å²) in [7, 11) is 1.61. The van der Waals surface area contributed by atoms with Gasteiger partial charge in [-0.05, 0) is 42.5 Å². The zero-order valence-electron chi connectivity index (χ0n) is 12.4. The fourth-order valence-corrected chi connectivity index (χ4v) is 3.90. The highest BCUT2D eigenvalue weighted by Gasteiger charge is 2.08. The molecule has 0 bridgehead atoms. The second-order valence-corrected chi connectivity index (χ2v) is 7.03. The standard InChI is InChI=1S/C16H15N3O2S2/c1-21-12-5-3-11(4-6-12)18-15(20)9-22-16-19-13-7-2-10(17)8-14(13)23-16/h2-8H,9,17H2,1H3,(H,18,20). The van der Waals surface area contributed by atoms with E-state index in [0.29, 0.717) is 5.75 Å². The Balaban J connectivity index is 1.58. The number of hydrogen-bond acceptors (Lipinski definition) is 6. The molecule has 0 aliphatic heterocycles. The topological polar surface area (TPSA) is 77.2 Å². The minimum Gasteiger partial charge on any atom is -0.497 e. The molecular formula is C16H15N3O2S2. The summed E-state index contributed by atoms with van der Waals surface area (Å²) in [6.45, 7) is 0. The van der Waals surface area contributed by atoms with Crippen LogP contribution < -0.4 is 15.8 Å². The first kappa shape index (κ1) is 15.6. The number of nitrogens with zero attached hydrogens (tertiary/aromatic N) is 1. The molecule has 3 aromatic rings. The monoisotopic (exact) mass is 345 g/mol. The van der Waals surface area contributed by atoms with Crippen molar-refractivity contribution in [3.63, 3.8) is 0 Å². The van der Waals surface area contributed by atoms with Crippen molar-refractivity contribution >= 4 is 50.6 Å². The first-order chi connectivity index (χ1) is 11.1. The van der Waals surface area contributed by atoms with Crippen LogP contribution in [0.2, 0.25) is 0 Å². The summed E-state index contributed by atoms with van der Waals surface area (Å²) in [5.41, 5.74) is 8.13. The third-order valence-electron chi connectivity index (χ3n) is 3.09. The summed E-state index contributed by atoms with van der Waals surface area (Å²) in [5, 5.41) is 2.85. The molecule has 1 amide bonds. The number of hydrogen-bond donors (Lipinski definition) is 2. The van der Waals surface area contributed by atoms with Crippen LogP contribution in [-0.2, 0) is 4.79 Å². The molecule has 0 saturated carbocycles. The molecule has 2 aromatic carbocycles. The Hall–Kier alpha value is -2.25. The van der Waals surface area contributed by atoms with Gasteiger partial charge < -0.3 is 15.8 Å². The number of anilines is 2. The zero-order valence-corrected chi connectivity index (χ0v) is 14.0. The van der Waals surface area contributed by atoms with E-state index in [4.69, 9.17) is 10.5 Å². The van der Waals surface area contributed by atoms with E-state index < -0.39 is 0 Å². The van der Waals surface area contributed by atoms with Crippen molar-refractivity contribution in [1.29, 1.82) is 0 Å². The van der Waals surface area contributed by atoms with Crippen molar-refractivity contribution in [1.82, 2.24) is 4.98 Å². The number of nitrogen functional groups attached to an aromatic ring is 1. The highest BCUT2D eigenvalue weighted by Crippen LogP contribution is 2.30. The Bertz CT molecular complexity index is 831. The van der Waals surface area contributed by atoms with Crippen molar-refractivity contribution in [3.8, 4) is 5.75 Å². The van der Waals surface area contributed by atoms with Gasteiger partial charge in [0.25, 0.3) is 0 Å². The number of rotatable bonds is 5. The van der Waals surface area contributed by atoms with Crippen molar-refractivity contribution in [3.05, 3.63) is 42.5 Å². The fourth-order valence-electron chi connectivity index (χ4n) is 1.98. The van der Waals surface area contributed by atoms with Gasteiger partial charge in [0, 0.05) is 11.4 Å². The number of carbonyl (C=O) groups excluding carboxylic acids is 1.